The quantitative estimate of drug-likeness (QED) is 0.548. The fourth-order valence-corrected chi connectivity index (χ4v) is 0.748. The maximum Gasteiger partial charge on any atom is 0.317 e. The van der Waals surface area contributed by atoms with Crippen LogP contribution in [-0.2, 0) is 4.79 Å². The highest BCUT2D eigenvalue weighted by atomic mass is 16.4. The van der Waals surface area contributed by atoms with Crippen LogP contribution in [0.25, 0.3) is 0 Å². The van der Waals surface area contributed by atoms with Gasteiger partial charge in [-0.15, -0.1) is 0 Å². The maximum absolute atomic E-state index is 10.6. The molecular weight excluding hydrogens is 160 g/mol. The second kappa shape index (κ2) is 5.40. The smallest absolute Gasteiger partial charge is 0.317 e. The molecule has 0 aromatic heterocycles. The molecule has 1 fully saturated rings. The number of amides is 2. The number of hydrogen-bond donors (Lipinski definition) is 2. The Hall–Kier alpha value is -1.26. The lowest BCUT2D eigenvalue weighted by Gasteiger charge is -2.22. The first-order chi connectivity index (χ1) is 5.54. The molecule has 1 heterocycles. The van der Waals surface area contributed by atoms with Crippen LogP contribution in [0.1, 0.15) is 13.3 Å². The molecule has 1 aliphatic rings. The summed E-state index contributed by atoms with van der Waals surface area (Å²) in [7, 11) is 1.80. The van der Waals surface area contributed by atoms with Gasteiger partial charge in [0.15, 0.2) is 0 Å². The molecule has 0 bridgehead atoms. The molecular formula is C7H14N2O3. The van der Waals surface area contributed by atoms with Crippen molar-refractivity contribution in [3.05, 3.63) is 0 Å². The van der Waals surface area contributed by atoms with Crippen molar-refractivity contribution in [2.45, 2.75) is 13.3 Å². The van der Waals surface area contributed by atoms with Crippen LogP contribution in [0.3, 0.4) is 0 Å². The lowest BCUT2D eigenvalue weighted by atomic mass is 10.3. The molecule has 0 atom stereocenters. The van der Waals surface area contributed by atoms with E-state index in [1.54, 1.807) is 11.9 Å². The zero-order chi connectivity index (χ0) is 9.56. The minimum atomic E-state index is -0.833. The van der Waals surface area contributed by atoms with Crippen LogP contribution in [0, 0.1) is 0 Å². The summed E-state index contributed by atoms with van der Waals surface area (Å²) in [6.45, 7) is 2.81. The first-order valence-electron chi connectivity index (χ1n) is 3.72. The van der Waals surface area contributed by atoms with E-state index in [-0.39, 0.29) is 6.03 Å². The summed E-state index contributed by atoms with van der Waals surface area (Å²) >= 11 is 0. The highest BCUT2D eigenvalue weighted by molar-refractivity contribution is 5.74. The van der Waals surface area contributed by atoms with Crippen LogP contribution < -0.4 is 5.32 Å². The summed E-state index contributed by atoms with van der Waals surface area (Å²) in [6.07, 6.45) is 1.07. The minimum absolute atomic E-state index is 0.0521. The van der Waals surface area contributed by atoms with Crippen molar-refractivity contribution in [3.8, 4) is 0 Å². The maximum atomic E-state index is 10.6. The van der Waals surface area contributed by atoms with E-state index < -0.39 is 5.97 Å². The van der Waals surface area contributed by atoms with E-state index in [0.29, 0.717) is 0 Å². The van der Waals surface area contributed by atoms with Gasteiger partial charge in [-0.3, -0.25) is 4.79 Å². The van der Waals surface area contributed by atoms with Gasteiger partial charge in [0, 0.05) is 27.1 Å². The van der Waals surface area contributed by atoms with Gasteiger partial charge in [0.2, 0.25) is 0 Å². The number of nitrogens with one attached hydrogen (secondary N) is 1. The number of carbonyl (C=O) groups excluding carboxylic acids is 1. The van der Waals surface area contributed by atoms with E-state index in [4.69, 9.17) is 9.90 Å². The Balaban J connectivity index is 0.000000261. The van der Waals surface area contributed by atoms with Gasteiger partial charge in [0.05, 0.1) is 0 Å². The molecule has 70 valence electrons. The Morgan fingerprint density at radius 1 is 1.67 bits per heavy atom. The Labute approximate surface area is 71.4 Å². The summed E-state index contributed by atoms with van der Waals surface area (Å²) in [4.78, 5) is 21.3. The molecule has 1 aliphatic heterocycles. The molecule has 2 amide bonds. The average molecular weight is 174 g/mol. The third-order valence-electron chi connectivity index (χ3n) is 1.29. The lowest BCUT2D eigenvalue weighted by molar-refractivity contribution is -0.134. The molecule has 1 rings (SSSR count). The van der Waals surface area contributed by atoms with Gasteiger partial charge < -0.3 is 15.3 Å². The second-order valence-electron chi connectivity index (χ2n) is 2.53. The average Bonchev–Trinajstić information content (AvgIpc) is 1.94. The van der Waals surface area contributed by atoms with Gasteiger partial charge >= 0.3 is 6.03 Å². The van der Waals surface area contributed by atoms with Crippen LogP contribution in [0.5, 0.6) is 0 Å². The minimum Gasteiger partial charge on any atom is -0.481 e. The molecule has 5 heteroatoms. The number of hydrogen-bond acceptors (Lipinski definition) is 2. The van der Waals surface area contributed by atoms with Crippen molar-refractivity contribution in [3.63, 3.8) is 0 Å². The van der Waals surface area contributed by atoms with Gasteiger partial charge in [0.25, 0.3) is 5.97 Å². The summed E-state index contributed by atoms with van der Waals surface area (Å²) in [6, 6.07) is 0.0521. The van der Waals surface area contributed by atoms with E-state index in [0.717, 1.165) is 26.4 Å². The number of carboxylic acid groups (broad SMARTS) is 1. The Morgan fingerprint density at radius 3 is 2.42 bits per heavy atom. The predicted molar refractivity (Wildman–Crippen MR) is 44.0 cm³/mol. The van der Waals surface area contributed by atoms with E-state index in [1.807, 2.05) is 0 Å². The Morgan fingerprint density at radius 2 is 2.17 bits per heavy atom. The molecule has 0 aliphatic carbocycles. The SMILES string of the molecule is CC(=O)O.CN1CCCNC1=O. The standard InChI is InChI=1S/C5H10N2O.C2H4O2/c1-7-4-2-3-6-5(7)8;1-2(3)4/h2-4H2,1H3,(H,6,8);1H3,(H,3,4). The fourth-order valence-electron chi connectivity index (χ4n) is 0.748. The number of urea groups is 1. The molecule has 0 unspecified atom stereocenters. The van der Waals surface area contributed by atoms with Crippen molar-refractivity contribution in [2.24, 2.45) is 0 Å². The molecule has 0 aromatic rings. The number of aliphatic carboxylic acids is 1. The summed E-state index contributed by atoms with van der Waals surface area (Å²) in [5.41, 5.74) is 0. The highest BCUT2D eigenvalue weighted by Crippen LogP contribution is 1.92. The monoisotopic (exact) mass is 174 g/mol. The Bertz CT molecular complexity index is 166. The third kappa shape index (κ3) is 5.52. The molecule has 1 saturated heterocycles. The van der Waals surface area contributed by atoms with Gasteiger partial charge in [0.1, 0.15) is 0 Å². The third-order valence-corrected chi connectivity index (χ3v) is 1.29. The molecule has 0 saturated carbocycles. The first-order valence-corrected chi connectivity index (χ1v) is 3.72. The number of rotatable bonds is 0. The fraction of sp³-hybridized carbons (Fsp3) is 0.714. The predicted octanol–water partition coefficient (Wildman–Crippen LogP) is 0.122. The molecule has 0 spiro atoms. The van der Waals surface area contributed by atoms with Crippen molar-refractivity contribution in [2.75, 3.05) is 20.1 Å². The van der Waals surface area contributed by atoms with Crippen LogP contribution in [-0.4, -0.2) is 42.1 Å². The van der Waals surface area contributed by atoms with Gasteiger partial charge in [-0.2, -0.15) is 0 Å². The van der Waals surface area contributed by atoms with E-state index in [1.165, 1.54) is 0 Å². The van der Waals surface area contributed by atoms with E-state index in [2.05, 4.69) is 5.32 Å². The Kier molecular flexibility index (Phi) is 4.83. The topological polar surface area (TPSA) is 69.6 Å². The van der Waals surface area contributed by atoms with Crippen molar-refractivity contribution in [1.29, 1.82) is 0 Å². The zero-order valence-electron chi connectivity index (χ0n) is 7.33. The van der Waals surface area contributed by atoms with Gasteiger partial charge in [-0.05, 0) is 6.42 Å². The summed E-state index contributed by atoms with van der Waals surface area (Å²) in [5, 5.41) is 10.1. The lowest BCUT2D eigenvalue weighted by Crippen LogP contribution is -2.43. The highest BCUT2D eigenvalue weighted by Gasteiger charge is 2.10. The summed E-state index contributed by atoms with van der Waals surface area (Å²) < 4.78 is 0. The van der Waals surface area contributed by atoms with Crippen molar-refractivity contribution >= 4 is 12.0 Å². The van der Waals surface area contributed by atoms with Crippen LogP contribution in [0.15, 0.2) is 0 Å². The number of nitrogens with zero attached hydrogens (tertiary/aromatic N) is 1. The van der Waals surface area contributed by atoms with Crippen molar-refractivity contribution in [1.82, 2.24) is 10.2 Å². The van der Waals surface area contributed by atoms with Crippen LogP contribution in [0.4, 0.5) is 4.79 Å². The van der Waals surface area contributed by atoms with E-state index >= 15 is 0 Å². The van der Waals surface area contributed by atoms with E-state index in [9.17, 15) is 4.79 Å². The zero-order valence-corrected chi connectivity index (χ0v) is 7.33. The second-order valence-corrected chi connectivity index (χ2v) is 2.53. The molecule has 5 nitrogen and oxygen atoms in total. The first kappa shape index (κ1) is 10.7. The molecule has 0 aromatic carbocycles. The molecule has 0 radical (unpaired) electrons. The van der Waals surface area contributed by atoms with Gasteiger partial charge in [-0.25, -0.2) is 4.79 Å². The van der Waals surface area contributed by atoms with Crippen molar-refractivity contribution < 1.29 is 14.7 Å². The number of carbonyl (C=O) groups is 2. The molecule has 2 N–H and O–H groups in total. The largest absolute Gasteiger partial charge is 0.481 e. The van der Waals surface area contributed by atoms with Crippen LogP contribution >= 0.6 is 0 Å². The normalized spacial score (nSPS) is 15.8. The number of carboxylic acids is 1. The molecule has 12 heavy (non-hydrogen) atoms. The summed E-state index contributed by atoms with van der Waals surface area (Å²) in [5.74, 6) is -0.833. The van der Waals surface area contributed by atoms with Crippen LogP contribution in [0.2, 0.25) is 0 Å². The van der Waals surface area contributed by atoms with Gasteiger partial charge in [-0.1, -0.05) is 0 Å².